The van der Waals surface area contributed by atoms with Crippen LogP contribution in [0.5, 0.6) is 0 Å². The molecule has 1 unspecified atom stereocenters. The van der Waals surface area contributed by atoms with Crippen LogP contribution in [0.4, 0.5) is 0 Å². The monoisotopic (exact) mass is 216 g/mol. The van der Waals surface area contributed by atoms with Gasteiger partial charge in [-0.3, -0.25) is 4.79 Å². The number of benzene rings is 1. The largest absolute Gasteiger partial charge is 0.354 e. The molecule has 0 spiro atoms. The molecule has 0 radical (unpaired) electrons. The zero-order valence-corrected chi connectivity index (χ0v) is 8.76. The van der Waals surface area contributed by atoms with E-state index in [-0.39, 0.29) is 11.9 Å². The fourth-order valence-electron chi connectivity index (χ4n) is 2.11. The predicted octanol–water partition coefficient (Wildman–Crippen LogP) is 0.882. The van der Waals surface area contributed by atoms with Gasteiger partial charge in [0.25, 0.3) is 0 Å². The molecule has 5 heteroatoms. The van der Waals surface area contributed by atoms with E-state index in [0.717, 1.165) is 30.4 Å². The first kappa shape index (κ1) is 9.33. The molecule has 2 aromatic rings. The van der Waals surface area contributed by atoms with Crippen LogP contribution in [0, 0.1) is 0 Å². The molecule has 16 heavy (non-hydrogen) atoms. The number of rotatable bonds is 1. The quantitative estimate of drug-likeness (QED) is 0.769. The van der Waals surface area contributed by atoms with Gasteiger partial charge >= 0.3 is 0 Å². The summed E-state index contributed by atoms with van der Waals surface area (Å²) in [5.74, 6) is 0.0434. The fourth-order valence-corrected chi connectivity index (χ4v) is 2.11. The first-order valence-electron chi connectivity index (χ1n) is 5.44. The lowest BCUT2D eigenvalue weighted by Gasteiger charge is -2.21. The summed E-state index contributed by atoms with van der Waals surface area (Å²) in [4.78, 5) is 11.7. The summed E-state index contributed by atoms with van der Waals surface area (Å²) >= 11 is 0. The standard InChI is InChI=1S/C11H12N4O/c16-11-10(6-3-7-12-11)15-9-5-2-1-4-8(9)13-14-15/h1-2,4-5,10H,3,6-7H2,(H,12,16). The molecule has 5 nitrogen and oxygen atoms in total. The van der Waals surface area contributed by atoms with Crippen LogP contribution in [0.3, 0.4) is 0 Å². The molecular formula is C11H12N4O. The van der Waals surface area contributed by atoms with Crippen LogP contribution in [0.25, 0.3) is 11.0 Å². The first-order chi connectivity index (χ1) is 7.86. The van der Waals surface area contributed by atoms with Crippen LogP contribution < -0.4 is 5.32 Å². The number of nitrogens with one attached hydrogen (secondary N) is 1. The van der Waals surface area contributed by atoms with E-state index in [1.165, 1.54) is 0 Å². The van der Waals surface area contributed by atoms with Crippen molar-refractivity contribution in [3.63, 3.8) is 0 Å². The molecule has 0 aliphatic carbocycles. The highest BCUT2D eigenvalue weighted by Crippen LogP contribution is 2.21. The Labute approximate surface area is 92.4 Å². The number of nitrogens with zero attached hydrogens (tertiary/aromatic N) is 3. The number of piperidine rings is 1. The molecule has 1 aliphatic heterocycles. The van der Waals surface area contributed by atoms with Crippen molar-refractivity contribution >= 4 is 16.9 Å². The van der Waals surface area contributed by atoms with Crippen LogP contribution in [0.2, 0.25) is 0 Å². The van der Waals surface area contributed by atoms with Crippen LogP contribution in [-0.2, 0) is 4.79 Å². The maximum Gasteiger partial charge on any atom is 0.244 e. The third-order valence-corrected chi connectivity index (χ3v) is 2.93. The third-order valence-electron chi connectivity index (χ3n) is 2.93. The number of amides is 1. The minimum atomic E-state index is -0.207. The van der Waals surface area contributed by atoms with Gasteiger partial charge in [-0.25, -0.2) is 4.68 Å². The van der Waals surface area contributed by atoms with E-state index in [1.54, 1.807) is 4.68 Å². The maximum atomic E-state index is 11.7. The number of carbonyl (C=O) groups is 1. The molecule has 1 amide bonds. The second-order valence-corrected chi connectivity index (χ2v) is 3.97. The molecule has 1 saturated heterocycles. The molecule has 1 N–H and O–H groups in total. The topological polar surface area (TPSA) is 59.8 Å². The predicted molar refractivity (Wildman–Crippen MR) is 58.8 cm³/mol. The zero-order chi connectivity index (χ0) is 11.0. The second-order valence-electron chi connectivity index (χ2n) is 3.97. The Bertz CT molecular complexity index is 534. The van der Waals surface area contributed by atoms with Crippen LogP contribution in [0.1, 0.15) is 18.9 Å². The molecule has 1 aromatic carbocycles. The number of hydrogen-bond acceptors (Lipinski definition) is 3. The van der Waals surface area contributed by atoms with Crippen molar-refractivity contribution < 1.29 is 4.79 Å². The lowest BCUT2D eigenvalue weighted by molar-refractivity contribution is -0.126. The van der Waals surface area contributed by atoms with E-state index >= 15 is 0 Å². The van der Waals surface area contributed by atoms with E-state index in [1.807, 2.05) is 24.3 Å². The van der Waals surface area contributed by atoms with Gasteiger partial charge in [-0.2, -0.15) is 0 Å². The van der Waals surface area contributed by atoms with E-state index in [2.05, 4.69) is 15.6 Å². The van der Waals surface area contributed by atoms with E-state index < -0.39 is 0 Å². The van der Waals surface area contributed by atoms with Crippen molar-refractivity contribution in [2.24, 2.45) is 0 Å². The third kappa shape index (κ3) is 1.36. The highest BCUT2D eigenvalue weighted by atomic mass is 16.2. The van der Waals surface area contributed by atoms with Crippen molar-refractivity contribution in [2.45, 2.75) is 18.9 Å². The summed E-state index contributed by atoms with van der Waals surface area (Å²) in [6.45, 7) is 0.766. The number of para-hydroxylation sites is 1. The highest BCUT2D eigenvalue weighted by molar-refractivity contribution is 5.83. The molecule has 0 bridgehead atoms. The van der Waals surface area contributed by atoms with Gasteiger partial charge in [-0.05, 0) is 25.0 Å². The fraction of sp³-hybridized carbons (Fsp3) is 0.364. The number of aromatic nitrogens is 3. The lowest BCUT2D eigenvalue weighted by atomic mass is 10.1. The zero-order valence-electron chi connectivity index (χ0n) is 8.76. The number of hydrogen-bond donors (Lipinski definition) is 1. The van der Waals surface area contributed by atoms with Crippen molar-refractivity contribution in [1.82, 2.24) is 20.3 Å². The maximum absolute atomic E-state index is 11.7. The Morgan fingerprint density at radius 2 is 2.25 bits per heavy atom. The highest BCUT2D eigenvalue weighted by Gasteiger charge is 2.25. The van der Waals surface area contributed by atoms with Crippen LogP contribution >= 0.6 is 0 Å². The molecule has 1 aliphatic rings. The van der Waals surface area contributed by atoms with E-state index in [0.29, 0.717) is 0 Å². The summed E-state index contributed by atoms with van der Waals surface area (Å²) in [6, 6.07) is 7.49. The molecule has 82 valence electrons. The normalized spacial score (nSPS) is 21.0. The lowest BCUT2D eigenvalue weighted by Crippen LogP contribution is -2.38. The Balaban J connectivity index is 2.08. The Hall–Kier alpha value is -1.91. The summed E-state index contributed by atoms with van der Waals surface area (Å²) in [5.41, 5.74) is 1.76. The van der Waals surface area contributed by atoms with Gasteiger partial charge < -0.3 is 5.32 Å². The van der Waals surface area contributed by atoms with Crippen molar-refractivity contribution in [2.75, 3.05) is 6.54 Å². The summed E-state index contributed by atoms with van der Waals surface area (Å²) in [5, 5.41) is 11.0. The molecule has 2 heterocycles. The molecule has 3 rings (SSSR count). The van der Waals surface area contributed by atoms with Gasteiger partial charge in [-0.15, -0.1) is 5.10 Å². The summed E-state index contributed by atoms with van der Waals surface area (Å²) < 4.78 is 1.73. The Morgan fingerprint density at radius 3 is 3.12 bits per heavy atom. The smallest absolute Gasteiger partial charge is 0.244 e. The Kier molecular flexibility index (Phi) is 2.09. The van der Waals surface area contributed by atoms with E-state index in [9.17, 15) is 4.79 Å². The molecule has 1 fully saturated rings. The summed E-state index contributed by atoms with van der Waals surface area (Å²) in [7, 11) is 0. The van der Waals surface area contributed by atoms with E-state index in [4.69, 9.17) is 0 Å². The summed E-state index contributed by atoms with van der Waals surface area (Å²) in [6.07, 6.45) is 1.82. The van der Waals surface area contributed by atoms with Gasteiger partial charge in [0.2, 0.25) is 5.91 Å². The minimum Gasteiger partial charge on any atom is -0.354 e. The minimum absolute atomic E-state index is 0.0434. The van der Waals surface area contributed by atoms with Crippen LogP contribution in [-0.4, -0.2) is 27.4 Å². The average Bonchev–Trinajstić information content (AvgIpc) is 2.74. The molecule has 1 atom stereocenters. The van der Waals surface area contributed by atoms with Gasteiger partial charge in [0.15, 0.2) is 0 Å². The van der Waals surface area contributed by atoms with Crippen molar-refractivity contribution in [3.05, 3.63) is 24.3 Å². The van der Waals surface area contributed by atoms with Gasteiger partial charge in [-0.1, -0.05) is 17.3 Å². The average molecular weight is 216 g/mol. The number of carbonyl (C=O) groups excluding carboxylic acids is 1. The van der Waals surface area contributed by atoms with Gasteiger partial charge in [0, 0.05) is 6.54 Å². The van der Waals surface area contributed by atoms with Crippen LogP contribution in [0.15, 0.2) is 24.3 Å². The van der Waals surface area contributed by atoms with Gasteiger partial charge in [0.05, 0.1) is 5.52 Å². The van der Waals surface area contributed by atoms with Crippen molar-refractivity contribution in [3.8, 4) is 0 Å². The second kappa shape index (κ2) is 3.59. The Morgan fingerprint density at radius 1 is 1.38 bits per heavy atom. The molecule has 1 aromatic heterocycles. The van der Waals surface area contributed by atoms with Crippen molar-refractivity contribution in [1.29, 1.82) is 0 Å². The molecule has 0 saturated carbocycles. The number of fused-ring (bicyclic) bond motifs is 1. The molecular weight excluding hydrogens is 204 g/mol. The van der Waals surface area contributed by atoms with Gasteiger partial charge in [0.1, 0.15) is 11.6 Å². The SMILES string of the molecule is O=C1NCCCC1n1nnc2ccccc21. The first-order valence-corrected chi connectivity index (χ1v) is 5.44.